The molecular formula is C58H63N4O13PSSi. The number of nitrogens with one attached hydrogen (secondary N) is 2. The average molecular weight is 1120 g/mol. The van der Waals surface area contributed by atoms with Crippen molar-refractivity contribution < 1.29 is 41.7 Å². The Morgan fingerprint density at radius 1 is 0.654 bits per heavy atom. The van der Waals surface area contributed by atoms with Crippen LogP contribution in [-0.2, 0) is 49.6 Å². The molecule has 2 aromatic heterocycles. The van der Waals surface area contributed by atoms with Crippen molar-refractivity contribution in [2.24, 2.45) is 0 Å². The normalized spacial score (nSPS) is 23.6. The molecule has 0 unspecified atom stereocenters. The van der Waals surface area contributed by atoms with E-state index in [1.165, 1.54) is 21.5 Å². The molecule has 3 aliphatic rings. The highest BCUT2D eigenvalue weighted by molar-refractivity contribution is 8.07. The van der Waals surface area contributed by atoms with Crippen LogP contribution in [0.4, 0.5) is 0 Å². The van der Waals surface area contributed by atoms with Gasteiger partial charge in [-0.25, -0.2) is 9.59 Å². The first-order valence-electron chi connectivity index (χ1n) is 25.7. The molecule has 1 spiro atoms. The summed E-state index contributed by atoms with van der Waals surface area (Å²) >= 11 is 6.28. The number of ether oxygens (including phenoxy) is 5. The Balaban J connectivity index is 1.01. The molecule has 20 heteroatoms. The summed E-state index contributed by atoms with van der Waals surface area (Å²) < 4.78 is 63.1. The Morgan fingerprint density at radius 3 is 1.59 bits per heavy atom. The number of aryl methyl sites for hydroxylation is 2. The van der Waals surface area contributed by atoms with Gasteiger partial charge in [0.15, 0.2) is 0 Å². The van der Waals surface area contributed by atoms with Gasteiger partial charge >= 0.3 is 18.1 Å². The lowest BCUT2D eigenvalue weighted by molar-refractivity contribution is -0.161. The van der Waals surface area contributed by atoms with E-state index >= 15 is 0 Å². The molecule has 78 heavy (non-hydrogen) atoms. The number of benzene rings is 5. The van der Waals surface area contributed by atoms with Crippen molar-refractivity contribution >= 4 is 37.2 Å². The Hall–Kier alpha value is -6.35. The van der Waals surface area contributed by atoms with Gasteiger partial charge in [0, 0.05) is 36.4 Å². The zero-order valence-corrected chi connectivity index (χ0v) is 47.1. The van der Waals surface area contributed by atoms with Crippen LogP contribution in [0.2, 0.25) is 5.04 Å². The zero-order chi connectivity index (χ0) is 55.0. The molecule has 3 aliphatic heterocycles. The van der Waals surface area contributed by atoms with E-state index in [0.717, 1.165) is 27.1 Å². The maximum atomic E-state index is 13.6. The molecule has 0 bridgehead atoms. The summed E-state index contributed by atoms with van der Waals surface area (Å²) in [6.45, 7) is 5.57. The van der Waals surface area contributed by atoms with Crippen molar-refractivity contribution in [3.05, 3.63) is 221 Å². The van der Waals surface area contributed by atoms with Gasteiger partial charge < -0.3 is 41.7 Å². The summed E-state index contributed by atoms with van der Waals surface area (Å²) in [4.78, 5) is 57.2. The number of aromatic nitrogens is 4. The van der Waals surface area contributed by atoms with Gasteiger partial charge in [-0.05, 0) is 82.0 Å². The molecule has 0 radical (unpaired) electrons. The lowest BCUT2D eigenvalue weighted by Gasteiger charge is -2.48. The van der Waals surface area contributed by atoms with Crippen LogP contribution in [0.5, 0.6) is 11.5 Å². The van der Waals surface area contributed by atoms with Gasteiger partial charge in [0.1, 0.15) is 41.3 Å². The third kappa shape index (κ3) is 10.4. The highest BCUT2D eigenvalue weighted by Crippen LogP contribution is 2.59. The molecule has 0 saturated carbocycles. The third-order valence-corrected chi connectivity index (χ3v) is 22.4. The fourth-order valence-corrected chi connectivity index (χ4v) is 17.9. The Labute approximate surface area is 457 Å². The van der Waals surface area contributed by atoms with E-state index in [2.05, 4.69) is 55.0 Å². The lowest BCUT2D eigenvalue weighted by Crippen LogP contribution is -2.69. The van der Waals surface area contributed by atoms with E-state index < -0.39 is 84.5 Å². The van der Waals surface area contributed by atoms with E-state index in [1.807, 2.05) is 115 Å². The van der Waals surface area contributed by atoms with Gasteiger partial charge in [0.05, 0.1) is 46.2 Å². The number of H-pyrrole nitrogens is 2. The molecule has 17 nitrogen and oxygen atoms in total. The number of hydrogen-bond acceptors (Lipinski definition) is 14. The van der Waals surface area contributed by atoms with Crippen LogP contribution in [0.3, 0.4) is 0 Å². The van der Waals surface area contributed by atoms with E-state index in [1.54, 1.807) is 28.1 Å². The Kier molecular flexibility index (Phi) is 15.5. The van der Waals surface area contributed by atoms with Gasteiger partial charge in [0.25, 0.3) is 19.4 Å². The molecule has 5 heterocycles. The minimum atomic E-state index is -3.74. The highest BCUT2D eigenvalue weighted by Gasteiger charge is 2.61. The summed E-state index contributed by atoms with van der Waals surface area (Å²) in [6, 6.07) is 45.4. The zero-order valence-electron chi connectivity index (χ0n) is 44.4. The van der Waals surface area contributed by atoms with Gasteiger partial charge in [0.2, 0.25) is 0 Å². The van der Waals surface area contributed by atoms with Crippen molar-refractivity contribution in [1.29, 1.82) is 0 Å². The predicted molar refractivity (Wildman–Crippen MR) is 300 cm³/mol. The van der Waals surface area contributed by atoms with Crippen LogP contribution in [0.15, 0.2) is 171 Å². The van der Waals surface area contributed by atoms with Crippen molar-refractivity contribution in [3.63, 3.8) is 0 Å². The number of aromatic amines is 2. The first-order valence-corrected chi connectivity index (χ1v) is 30.2. The molecule has 3 fully saturated rings. The topological polar surface area (TPSA) is 193 Å². The average Bonchev–Trinajstić information content (AvgIpc) is 4.09. The highest BCUT2D eigenvalue weighted by atomic mass is 32.5. The van der Waals surface area contributed by atoms with E-state index in [0.29, 0.717) is 22.6 Å². The summed E-state index contributed by atoms with van der Waals surface area (Å²) in [5.74, 6) is 1.31. The quantitative estimate of drug-likeness (QED) is 0.0557. The fraction of sp³-hybridized carbons (Fsp3) is 0.345. The van der Waals surface area contributed by atoms with Crippen LogP contribution in [0.25, 0.3) is 0 Å². The van der Waals surface area contributed by atoms with Crippen molar-refractivity contribution in [3.8, 4) is 11.5 Å². The molecule has 10 rings (SSSR count). The van der Waals surface area contributed by atoms with Gasteiger partial charge in [-0.15, -0.1) is 0 Å². The molecule has 0 amide bonds. The summed E-state index contributed by atoms with van der Waals surface area (Å²) in [5, 5.41) is 1.61. The summed E-state index contributed by atoms with van der Waals surface area (Å²) in [7, 11) is -0.0877. The smallest absolute Gasteiger partial charge is 0.330 e. The van der Waals surface area contributed by atoms with E-state index in [9.17, 15) is 19.2 Å². The second-order valence-corrected chi connectivity index (χ2v) is 28.1. The minimum Gasteiger partial charge on any atom is -0.497 e. The second kappa shape index (κ2) is 22.1. The lowest BCUT2D eigenvalue weighted by atomic mass is 9.80. The van der Waals surface area contributed by atoms with Crippen LogP contribution in [-0.4, -0.2) is 85.4 Å². The molecule has 408 valence electrons. The first-order chi connectivity index (χ1) is 37.4. The predicted octanol–water partition coefficient (Wildman–Crippen LogP) is 7.28. The maximum Gasteiger partial charge on any atom is 0.330 e. The standard InChI is InChI=1S/C58H63N4O13PSSi/c1-38-33-61(54(65)59-52(38)63)50-31-47(48(72-50)35-69-58(40-17-11-8-12-18-40,41-23-27-43(67-6)28-24-41)42-25-29-44(68-7)30-26-42)74-76(77)70-36-57(37-71-76)49(32-51(73-57)62-34-39(2)53(64)60-55(62)66)75-78(56(3,4)5,45-19-13-9-14-20-45)46-21-15-10-16-22-46/h8-30,33-34,47-51H,31-32,35-37H2,1-7H3,(H,59,63,65)(H,60,64,66)/t47-,48+,49+,50+,51-,57?,76?/m0/s1. The monoisotopic (exact) mass is 1110 g/mol. The molecule has 2 N–H and O–H groups in total. The first kappa shape index (κ1) is 55.0. The number of hydrogen-bond donors (Lipinski definition) is 2. The minimum absolute atomic E-state index is 0.0751. The van der Waals surface area contributed by atoms with Crippen molar-refractivity contribution in [2.45, 2.75) is 94.5 Å². The molecule has 3 saturated heterocycles. The Morgan fingerprint density at radius 2 is 1.12 bits per heavy atom. The number of rotatable bonds is 16. The van der Waals surface area contributed by atoms with Gasteiger partial charge in [-0.3, -0.25) is 28.7 Å². The molecule has 0 aliphatic carbocycles. The SMILES string of the molecule is COc1ccc(C(OC[C@H]2O[C@@H](n3cc(C)c(=O)[nH]c3=O)C[C@@H]2OP2(=S)OCC3(CO2)O[C@H](n2cc(C)c(=O)[nH]c2=O)C[C@H]3O[Si](c2ccccc2)(c2ccccc2)C(C)(C)C)(c2ccccc2)c2ccc(OC)cc2)cc1. The Bertz CT molecular complexity index is 3440. The van der Waals surface area contributed by atoms with Crippen LogP contribution >= 0.6 is 6.72 Å². The summed E-state index contributed by atoms with van der Waals surface area (Å²) in [5.41, 5.74) is -1.94. The van der Waals surface area contributed by atoms with Gasteiger partial charge in [-0.2, -0.15) is 0 Å². The van der Waals surface area contributed by atoms with Crippen molar-refractivity contribution in [2.75, 3.05) is 34.0 Å². The van der Waals surface area contributed by atoms with E-state index in [4.69, 9.17) is 53.5 Å². The fourth-order valence-electron chi connectivity index (χ4n) is 11.0. The largest absolute Gasteiger partial charge is 0.497 e. The van der Waals surface area contributed by atoms with Crippen LogP contribution in [0, 0.1) is 13.8 Å². The number of methoxy groups -OCH3 is 2. The third-order valence-electron chi connectivity index (χ3n) is 15.0. The molecule has 7 aromatic rings. The molecule has 5 aromatic carbocycles. The second-order valence-electron chi connectivity index (χ2n) is 20.9. The molecular weight excluding hydrogens is 1050 g/mol. The van der Waals surface area contributed by atoms with Gasteiger partial charge in [-0.1, -0.05) is 136 Å². The molecule has 5 atom stereocenters. The number of nitrogens with zero attached hydrogens (tertiary/aromatic N) is 2. The summed E-state index contributed by atoms with van der Waals surface area (Å²) in [6.07, 6.45) is -1.22. The van der Waals surface area contributed by atoms with Crippen molar-refractivity contribution in [1.82, 2.24) is 19.1 Å². The van der Waals surface area contributed by atoms with Crippen LogP contribution < -0.4 is 42.3 Å². The van der Waals surface area contributed by atoms with E-state index in [-0.39, 0.29) is 32.7 Å². The van der Waals surface area contributed by atoms with Crippen LogP contribution in [0.1, 0.15) is 73.9 Å². The maximum absolute atomic E-state index is 13.6.